The number of hydrogen-bond donors (Lipinski definition) is 0. The highest BCUT2D eigenvalue weighted by Crippen LogP contribution is 2.50. The van der Waals surface area contributed by atoms with Crippen molar-refractivity contribution in [3.63, 3.8) is 0 Å². The van der Waals surface area contributed by atoms with Crippen LogP contribution in [0.25, 0.3) is 131 Å². The number of hydrogen-bond acceptors (Lipinski definition) is 4. The lowest BCUT2D eigenvalue weighted by atomic mass is 9.87. The average Bonchev–Trinajstić information content (AvgIpc) is 1.81. The first kappa shape index (κ1) is 51.2. The summed E-state index contributed by atoms with van der Waals surface area (Å²) in [4.78, 5) is 0. The second-order valence-corrected chi connectivity index (χ2v) is 23.1. The van der Waals surface area contributed by atoms with Gasteiger partial charge in [-0.1, -0.05) is 267 Å². The highest BCUT2D eigenvalue weighted by molar-refractivity contribution is 6.13. The van der Waals surface area contributed by atoms with Crippen LogP contribution in [0.15, 0.2) is 291 Å². The molecule has 0 unspecified atom stereocenters. The van der Waals surface area contributed by atoms with Gasteiger partial charge in [-0.2, -0.15) is 0 Å². The summed E-state index contributed by atoms with van der Waals surface area (Å²) >= 11 is 0. The summed E-state index contributed by atoms with van der Waals surface area (Å²) in [5.41, 5.74) is 12.6. The summed E-state index contributed by atoms with van der Waals surface area (Å²) in [6.45, 7) is 1.12. The molecule has 17 rings (SSSR count). The molecule has 416 valence electrons. The molecule has 0 bridgehead atoms. The van der Waals surface area contributed by atoms with Crippen molar-refractivity contribution in [3.8, 4) is 67.5 Å². The van der Waals surface area contributed by atoms with Crippen LogP contribution >= 0.6 is 0 Å². The Kier molecular flexibility index (Phi) is 12.5. The van der Waals surface area contributed by atoms with Crippen LogP contribution in [-0.4, -0.2) is 0 Å². The maximum absolute atomic E-state index is 7.48. The smallest absolute Gasteiger partial charge is 0.128 e. The van der Waals surface area contributed by atoms with Crippen molar-refractivity contribution in [1.82, 2.24) is 0 Å². The average molecular weight is 1130 g/mol. The molecule has 0 N–H and O–H groups in total. The van der Waals surface area contributed by atoms with Crippen molar-refractivity contribution in [1.29, 1.82) is 0 Å². The van der Waals surface area contributed by atoms with Gasteiger partial charge in [0.2, 0.25) is 0 Å². The summed E-state index contributed by atoms with van der Waals surface area (Å²) in [5.74, 6) is 3.05. The quantitative estimate of drug-likeness (QED) is 0.152. The van der Waals surface area contributed by atoms with Crippen molar-refractivity contribution in [2.45, 2.75) is 26.4 Å². The Morgan fingerprint density at radius 3 is 0.500 bits per heavy atom. The Hall–Kier alpha value is -11.2. The molecule has 0 saturated heterocycles. The van der Waals surface area contributed by atoms with E-state index in [9.17, 15) is 0 Å². The third-order valence-corrected chi connectivity index (χ3v) is 18.2. The molecule has 1 aliphatic rings. The first-order valence-corrected chi connectivity index (χ1v) is 30.3. The second kappa shape index (κ2) is 21.4. The highest BCUT2D eigenvalue weighted by atomic mass is 16.5. The second-order valence-electron chi connectivity index (χ2n) is 23.1. The first-order valence-electron chi connectivity index (χ1n) is 30.3. The van der Waals surface area contributed by atoms with E-state index < -0.39 is 0 Å². The Morgan fingerprint density at radius 2 is 0.307 bits per heavy atom. The van der Waals surface area contributed by atoms with Gasteiger partial charge in [0.1, 0.15) is 49.4 Å². The zero-order chi connectivity index (χ0) is 58.1. The minimum Gasteiger partial charge on any atom is -0.488 e. The van der Waals surface area contributed by atoms with Crippen molar-refractivity contribution in [3.05, 3.63) is 313 Å². The molecule has 0 spiro atoms. The standard InChI is InChI=1S/C84H56O4/c1-9-25-65-53(17-1)33-37-61-49-85-73-45-41-57-21-5-13-29-69(57)81(73)83-71-31-15-7-23-59(71)43-47-75(83)87-51-63-39-35-55-19-3-11-27-67(55)79(63)80-64(40-36-56-20-4-12-28-68(56)80)52-88-76-48-44-60-24-8-16-32-72(60)84(76)82-70-30-14-6-22-58(70)42-46-74(82)86-50-62-38-34-54-18-2-10-26-66(54)78(62)77(61)65/h1-48H,49-52H2. The molecule has 16 aromatic carbocycles. The Morgan fingerprint density at radius 1 is 0.148 bits per heavy atom. The van der Waals surface area contributed by atoms with Crippen LogP contribution in [0, 0.1) is 0 Å². The summed E-state index contributed by atoms with van der Waals surface area (Å²) in [6, 6.07) is 105. The third-order valence-electron chi connectivity index (χ3n) is 18.2. The van der Waals surface area contributed by atoms with Gasteiger partial charge in [0.25, 0.3) is 0 Å². The van der Waals surface area contributed by atoms with Gasteiger partial charge in [-0.3, -0.25) is 0 Å². The van der Waals surface area contributed by atoms with E-state index in [0.717, 1.165) is 176 Å². The first-order chi connectivity index (χ1) is 43.7. The van der Waals surface area contributed by atoms with Crippen LogP contribution in [0.2, 0.25) is 0 Å². The van der Waals surface area contributed by atoms with Crippen molar-refractivity contribution in [2.75, 3.05) is 0 Å². The summed E-state index contributed by atoms with van der Waals surface area (Å²) < 4.78 is 29.9. The summed E-state index contributed by atoms with van der Waals surface area (Å²) in [6.07, 6.45) is 0. The fourth-order valence-corrected chi connectivity index (χ4v) is 14.1. The van der Waals surface area contributed by atoms with E-state index in [1.807, 2.05) is 0 Å². The van der Waals surface area contributed by atoms with Crippen molar-refractivity contribution >= 4 is 86.2 Å². The van der Waals surface area contributed by atoms with Gasteiger partial charge in [0, 0.05) is 22.3 Å². The lowest BCUT2D eigenvalue weighted by Gasteiger charge is -2.24. The Labute approximate surface area is 509 Å². The largest absolute Gasteiger partial charge is 0.488 e. The van der Waals surface area contributed by atoms with Crippen LogP contribution in [0.5, 0.6) is 23.0 Å². The zero-order valence-corrected chi connectivity index (χ0v) is 48.2. The normalized spacial score (nSPS) is 12.7. The molecular formula is C84H56O4. The van der Waals surface area contributed by atoms with Gasteiger partial charge in [-0.05, 0) is 155 Å². The van der Waals surface area contributed by atoms with Crippen LogP contribution < -0.4 is 18.9 Å². The monoisotopic (exact) mass is 1130 g/mol. The third kappa shape index (κ3) is 8.67. The molecule has 0 amide bonds. The fraction of sp³-hybridized carbons (Fsp3) is 0.0476. The number of ether oxygens (including phenoxy) is 4. The molecule has 0 radical (unpaired) electrons. The van der Waals surface area contributed by atoms with Gasteiger partial charge in [0.05, 0.1) is 0 Å². The minimum atomic E-state index is 0.280. The summed E-state index contributed by atoms with van der Waals surface area (Å²) in [7, 11) is 0. The van der Waals surface area contributed by atoms with E-state index in [0.29, 0.717) is 0 Å². The van der Waals surface area contributed by atoms with Gasteiger partial charge < -0.3 is 18.9 Å². The van der Waals surface area contributed by atoms with E-state index in [4.69, 9.17) is 18.9 Å². The number of rotatable bonds is 0. The van der Waals surface area contributed by atoms with E-state index in [1.165, 1.54) is 0 Å². The maximum atomic E-state index is 7.48. The Balaban J connectivity index is 0.944. The topological polar surface area (TPSA) is 36.9 Å². The van der Waals surface area contributed by atoms with E-state index in [1.54, 1.807) is 0 Å². The molecule has 0 aromatic heterocycles. The van der Waals surface area contributed by atoms with E-state index in [2.05, 4.69) is 291 Å². The molecule has 16 aromatic rings. The highest BCUT2D eigenvalue weighted by Gasteiger charge is 2.26. The van der Waals surface area contributed by atoms with Crippen molar-refractivity contribution < 1.29 is 18.9 Å². The van der Waals surface area contributed by atoms with Crippen LogP contribution in [0.4, 0.5) is 0 Å². The molecule has 4 heteroatoms. The minimum absolute atomic E-state index is 0.280. The molecule has 1 aliphatic heterocycles. The molecule has 0 atom stereocenters. The molecule has 1 heterocycles. The van der Waals surface area contributed by atoms with Gasteiger partial charge in [-0.25, -0.2) is 0 Å². The van der Waals surface area contributed by atoms with Crippen LogP contribution in [0.1, 0.15) is 22.3 Å². The molecule has 4 nitrogen and oxygen atoms in total. The lowest BCUT2D eigenvalue weighted by Crippen LogP contribution is -2.06. The van der Waals surface area contributed by atoms with Gasteiger partial charge >= 0.3 is 0 Å². The molecule has 88 heavy (non-hydrogen) atoms. The molecular weight excluding hydrogens is 1070 g/mol. The predicted molar refractivity (Wildman–Crippen MR) is 365 cm³/mol. The Bertz CT molecular complexity index is 4460. The van der Waals surface area contributed by atoms with Gasteiger partial charge in [0.15, 0.2) is 0 Å². The van der Waals surface area contributed by atoms with Gasteiger partial charge in [-0.15, -0.1) is 0 Å². The fourth-order valence-electron chi connectivity index (χ4n) is 14.1. The van der Waals surface area contributed by atoms with E-state index >= 15 is 0 Å². The number of benzene rings is 16. The zero-order valence-electron chi connectivity index (χ0n) is 48.2. The molecule has 0 aliphatic carbocycles. The summed E-state index contributed by atoms with van der Waals surface area (Å²) in [5, 5.41) is 17.8. The van der Waals surface area contributed by atoms with Crippen LogP contribution in [-0.2, 0) is 26.4 Å². The maximum Gasteiger partial charge on any atom is 0.128 e. The van der Waals surface area contributed by atoms with E-state index in [-0.39, 0.29) is 26.4 Å². The van der Waals surface area contributed by atoms with Crippen LogP contribution in [0.3, 0.4) is 0 Å². The lowest BCUT2D eigenvalue weighted by molar-refractivity contribution is 0.302. The predicted octanol–water partition coefficient (Wildman–Crippen LogP) is 22.2. The molecule has 0 saturated carbocycles. The molecule has 0 fully saturated rings. The SMILES string of the molecule is c1ccc2c3c(ccc2c1)COc1ccc2ccccc2c1-c1c(ccc2ccccc12)OCc1ccc2ccccc2c1-c1c(ccc2ccccc12)COc1ccc2ccccc2c1-c1c(ccc2ccccc12)OCc1ccc2ccccc2c1-3. The van der Waals surface area contributed by atoms with Crippen molar-refractivity contribution in [2.24, 2.45) is 0 Å². The number of fused-ring (bicyclic) bond motifs is 28.